The van der Waals surface area contributed by atoms with Gasteiger partial charge in [-0.05, 0) is 68.5 Å². The number of hydrogen-bond donors (Lipinski definition) is 2. The van der Waals surface area contributed by atoms with E-state index in [0.29, 0.717) is 16.0 Å². The Morgan fingerprint density at radius 3 is 2.42 bits per heavy atom. The summed E-state index contributed by atoms with van der Waals surface area (Å²) in [6.07, 6.45) is 4.07. The normalized spacial score (nSPS) is 17.3. The molecule has 0 aliphatic carbocycles. The van der Waals surface area contributed by atoms with Gasteiger partial charge in [0.05, 0.1) is 15.6 Å². The molecule has 6 heteroatoms. The number of hydrogen-bond acceptors (Lipinski definition) is 3. The fourth-order valence-corrected chi connectivity index (χ4v) is 5.01. The van der Waals surface area contributed by atoms with E-state index in [-0.39, 0.29) is 11.4 Å². The van der Waals surface area contributed by atoms with Gasteiger partial charge in [0.25, 0.3) is 0 Å². The Morgan fingerprint density at radius 1 is 1.10 bits per heavy atom. The van der Waals surface area contributed by atoms with E-state index >= 15 is 0 Å². The molecular weight excluding hydrogens is 429 g/mol. The highest BCUT2D eigenvalue weighted by atomic mass is 35.5. The van der Waals surface area contributed by atoms with Crippen molar-refractivity contribution in [1.29, 1.82) is 0 Å². The van der Waals surface area contributed by atoms with Gasteiger partial charge in [0.2, 0.25) is 5.91 Å². The summed E-state index contributed by atoms with van der Waals surface area (Å²) in [6.45, 7) is 5.56. The van der Waals surface area contributed by atoms with Crippen LogP contribution in [0, 0.1) is 0 Å². The Kier molecular flexibility index (Phi) is 8.79. The van der Waals surface area contributed by atoms with Crippen molar-refractivity contribution in [2.24, 2.45) is 0 Å². The van der Waals surface area contributed by atoms with Crippen LogP contribution in [0.15, 0.2) is 48.5 Å². The third kappa shape index (κ3) is 6.45. The van der Waals surface area contributed by atoms with Gasteiger partial charge in [-0.15, -0.1) is 0 Å². The first kappa shape index (κ1) is 24.1. The maximum Gasteiger partial charge on any atom is 0.217 e. The summed E-state index contributed by atoms with van der Waals surface area (Å²) >= 11 is 12.3. The Morgan fingerprint density at radius 2 is 1.81 bits per heavy atom. The Balaban J connectivity index is 1.56. The second-order valence-electron chi connectivity index (χ2n) is 8.54. The number of carbonyl (C=O) groups excluding carboxylic acids is 1. The number of carbonyl (C=O) groups is 1. The fourth-order valence-electron chi connectivity index (χ4n) is 4.70. The minimum absolute atomic E-state index is 0.0360. The highest BCUT2D eigenvalue weighted by Crippen LogP contribution is 2.33. The van der Waals surface area contributed by atoms with Crippen molar-refractivity contribution >= 4 is 29.1 Å². The molecule has 0 radical (unpaired) electrons. The maximum absolute atomic E-state index is 11.9. The summed E-state index contributed by atoms with van der Waals surface area (Å²) in [4.78, 5) is 14.4. The minimum Gasteiger partial charge on any atom is -0.347 e. The third-order valence-corrected chi connectivity index (χ3v) is 7.08. The molecule has 1 atom stereocenters. The summed E-state index contributed by atoms with van der Waals surface area (Å²) in [5.74, 6) is 0.446. The van der Waals surface area contributed by atoms with Crippen molar-refractivity contribution in [2.75, 3.05) is 33.2 Å². The summed E-state index contributed by atoms with van der Waals surface area (Å²) in [7, 11) is 1.99. The lowest BCUT2D eigenvalue weighted by Crippen LogP contribution is -2.52. The summed E-state index contributed by atoms with van der Waals surface area (Å²) in [5, 5.41) is 7.78. The number of likely N-dealkylation sites (N-methyl/N-ethyl adjacent to an activating group) is 1. The summed E-state index contributed by atoms with van der Waals surface area (Å²) < 4.78 is 0. The smallest absolute Gasteiger partial charge is 0.217 e. The van der Waals surface area contributed by atoms with E-state index in [0.717, 1.165) is 51.9 Å². The maximum atomic E-state index is 11.9. The Labute approximate surface area is 196 Å². The predicted molar refractivity (Wildman–Crippen MR) is 130 cm³/mol. The monoisotopic (exact) mass is 461 g/mol. The average Bonchev–Trinajstić information content (AvgIpc) is 2.76. The second kappa shape index (κ2) is 11.3. The molecule has 0 aromatic heterocycles. The molecule has 1 heterocycles. The lowest BCUT2D eigenvalue weighted by Gasteiger charge is -2.43. The molecule has 3 rings (SSSR count). The molecule has 2 aromatic carbocycles. The van der Waals surface area contributed by atoms with Crippen molar-refractivity contribution in [2.45, 2.75) is 44.1 Å². The number of halogens is 2. The number of piperidine rings is 1. The molecule has 0 spiro atoms. The zero-order valence-electron chi connectivity index (χ0n) is 18.5. The van der Waals surface area contributed by atoms with Crippen molar-refractivity contribution in [3.8, 4) is 0 Å². The molecule has 0 bridgehead atoms. The minimum atomic E-state index is -0.252. The first-order valence-electron chi connectivity index (χ1n) is 11.1. The molecule has 1 aliphatic heterocycles. The fraction of sp³-hybridized carbons (Fsp3) is 0.480. The van der Waals surface area contributed by atoms with Gasteiger partial charge in [0, 0.05) is 26.6 Å². The molecule has 1 fully saturated rings. The zero-order chi connectivity index (χ0) is 22.3. The standard InChI is InChI=1S/C25H33Cl2N3O/c1-19(31)29-25(22-8-4-3-5-9-22)12-15-30(16-13-25)14-6-7-21(18-28-2)20-10-11-23(26)24(27)17-20/h3-5,8-11,17,21,28H,6-7,12-16,18H2,1-2H3,(H,29,31). The van der Waals surface area contributed by atoms with Crippen LogP contribution in [0.5, 0.6) is 0 Å². The van der Waals surface area contributed by atoms with Gasteiger partial charge in [-0.2, -0.15) is 0 Å². The molecule has 168 valence electrons. The van der Waals surface area contributed by atoms with Crippen LogP contribution in [0.25, 0.3) is 0 Å². The largest absolute Gasteiger partial charge is 0.347 e. The topological polar surface area (TPSA) is 44.4 Å². The highest BCUT2D eigenvalue weighted by Gasteiger charge is 2.36. The number of amides is 1. The lowest BCUT2D eigenvalue weighted by molar-refractivity contribution is -0.121. The second-order valence-corrected chi connectivity index (χ2v) is 9.36. The lowest BCUT2D eigenvalue weighted by atomic mass is 9.80. The Bertz CT molecular complexity index is 851. The first-order chi connectivity index (χ1) is 14.9. The van der Waals surface area contributed by atoms with Crippen LogP contribution in [-0.4, -0.2) is 44.0 Å². The zero-order valence-corrected chi connectivity index (χ0v) is 20.0. The molecular formula is C25H33Cl2N3O. The molecule has 1 aliphatic rings. The first-order valence-corrected chi connectivity index (χ1v) is 11.9. The van der Waals surface area contributed by atoms with E-state index in [4.69, 9.17) is 23.2 Å². The van der Waals surface area contributed by atoms with E-state index in [1.807, 2.05) is 25.2 Å². The van der Waals surface area contributed by atoms with Crippen LogP contribution in [0.1, 0.15) is 49.7 Å². The molecule has 2 N–H and O–H groups in total. The van der Waals surface area contributed by atoms with Gasteiger partial charge < -0.3 is 15.5 Å². The van der Waals surface area contributed by atoms with E-state index in [9.17, 15) is 4.79 Å². The van der Waals surface area contributed by atoms with Crippen LogP contribution in [-0.2, 0) is 10.3 Å². The van der Waals surface area contributed by atoms with E-state index in [1.165, 1.54) is 11.1 Å². The number of nitrogens with zero attached hydrogens (tertiary/aromatic N) is 1. The van der Waals surface area contributed by atoms with Gasteiger partial charge >= 0.3 is 0 Å². The third-order valence-electron chi connectivity index (χ3n) is 6.34. The number of likely N-dealkylation sites (tertiary alicyclic amines) is 1. The van der Waals surface area contributed by atoms with Crippen molar-refractivity contribution < 1.29 is 4.79 Å². The van der Waals surface area contributed by atoms with Gasteiger partial charge in [-0.1, -0.05) is 59.6 Å². The van der Waals surface area contributed by atoms with Crippen LogP contribution in [0.2, 0.25) is 10.0 Å². The van der Waals surface area contributed by atoms with E-state index in [2.05, 4.69) is 45.9 Å². The molecule has 1 saturated heterocycles. The van der Waals surface area contributed by atoms with Gasteiger partial charge in [0.1, 0.15) is 0 Å². The Hall–Kier alpha value is -1.59. The van der Waals surface area contributed by atoms with Gasteiger partial charge in [-0.3, -0.25) is 4.79 Å². The van der Waals surface area contributed by atoms with Crippen LogP contribution in [0.4, 0.5) is 0 Å². The summed E-state index contributed by atoms with van der Waals surface area (Å²) in [5.41, 5.74) is 2.19. The summed E-state index contributed by atoms with van der Waals surface area (Å²) in [6, 6.07) is 16.4. The predicted octanol–water partition coefficient (Wildman–Crippen LogP) is 5.20. The van der Waals surface area contributed by atoms with E-state index in [1.54, 1.807) is 6.92 Å². The van der Waals surface area contributed by atoms with E-state index < -0.39 is 0 Å². The van der Waals surface area contributed by atoms with Crippen molar-refractivity contribution in [3.63, 3.8) is 0 Å². The quantitative estimate of drug-likeness (QED) is 0.538. The van der Waals surface area contributed by atoms with Crippen molar-refractivity contribution in [1.82, 2.24) is 15.5 Å². The molecule has 1 amide bonds. The highest BCUT2D eigenvalue weighted by molar-refractivity contribution is 6.42. The molecule has 2 aromatic rings. The van der Waals surface area contributed by atoms with Crippen LogP contribution >= 0.6 is 23.2 Å². The SMILES string of the molecule is CNCC(CCCN1CCC(NC(C)=O)(c2ccccc2)CC1)c1ccc(Cl)c(Cl)c1. The average molecular weight is 462 g/mol. The molecule has 1 unspecified atom stereocenters. The van der Waals surface area contributed by atoms with Crippen molar-refractivity contribution in [3.05, 3.63) is 69.7 Å². The van der Waals surface area contributed by atoms with Crippen LogP contribution in [0.3, 0.4) is 0 Å². The molecule has 31 heavy (non-hydrogen) atoms. The van der Waals surface area contributed by atoms with Gasteiger partial charge in [0.15, 0.2) is 0 Å². The van der Waals surface area contributed by atoms with Gasteiger partial charge in [-0.25, -0.2) is 0 Å². The number of benzene rings is 2. The molecule has 0 saturated carbocycles. The number of nitrogens with one attached hydrogen (secondary N) is 2. The number of rotatable bonds is 9. The molecule has 4 nitrogen and oxygen atoms in total. The van der Waals surface area contributed by atoms with Crippen LogP contribution < -0.4 is 10.6 Å².